The van der Waals surface area contributed by atoms with Gasteiger partial charge in [-0.3, -0.25) is 0 Å². The predicted octanol–water partition coefficient (Wildman–Crippen LogP) is 10.6. The molecule has 23 nitrogen and oxygen atoms in total. The van der Waals surface area contributed by atoms with Crippen LogP contribution in [0.25, 0.3) is 90.9 Å². The van der Waals surface area contributed by atoms with Gasteiger partial charge >= 0.3 is 11.9 Å². The summed E-state index contributed by atoms with van der Waals surface area (Å²) in [6.45, 7) is 7.92. The molecule has 3 aliphatic rings. The molecule has 2 aliphatic heterocycles. The Balaban J connectivity index is 0.00000127. The standard InChI is InChI=1S/C68H74N4O17.C6H14N2.Pt/c1-77-28-31-80-34-37-83-40-43-86-50-12-4-46(5-13-50)62-54-20-22-56(69-54)63(47-6-14-51(15-7-47)87-44-41-84-38-35-81-32-29-78-2)58-24-26-60(71-58)65(49-10-18-53(19-11-49)89-66(67(73)74)68(75)76)61-27-25-59(72-61)64(57-23-21-55(62)70-57)48-8-16-52(17-9-48)88-45-42-85-39-36-82-33-30-79-3;7-5-3-1-2-4-6(5)8;/h4-27,66,69,72H,28-45H2,1-3H3,(H,73,74)(H,75,76);5-6H,1-4,7-8H2;/t;5-,6?;/m.0./s1. The van der Waals surface area contributed by atoms with E-state index in [2.05, 4.69) is 9.97 Å². The molecule has 7 aromatic rings. The SMILES string of the molecule is COCCOCCOCCOc1ccc(-c2c3nc(c(-c4ccc(OCCOCCOCCOC)cc4)c4ccc([nH]4)c(-c4ccc(OC(C(=O)O)C(=O)O)cc4)c4nc(c(-c5ccc(OCCOCCOCCOC)cc5)c5ccc2[nH]5)C=C4)C=C3)cc1.NC1CCCC[C@@H]1N.[Pt]. The van der Waals surface area contributed by atoms with Crippen molar-refractivity contribution in [1.29, 1.82) is 0 Å². The largest absolute Gasteiger partial charge is 0.491 e. The topological polar surface area (TPSA) is 304 Å². The number of hydrogen-bond acceptors (Lipinski definition) is 19. The number of aromatic amines is 2. The molecule has 24 heteroatoms. The van der Waals surface area contributed by atoms with Crippen LogP contribution in [0.15, 0.2) is 121 Å². The molecule has 1 saturated carbocycles. The van der Waals surface area contributed by atoms with Crippen LogP contribution in [-0.2, 0) is 73.3 Å². The van der Waals surface area contributed by atoms with Gasteiger partial charge < -0.3 is 93.2 Å². The first-order chi connectivity index (χ1) is 47.5. The van der Waals surface area contributed by atoms with E-state index in [1.54, 1.807) is 33.5 Å². The van der Waals surface area contributed by atoms with E-state index in [1.807, 2.05) is 121 Å². The van der Waals surface area contributed by atoms with Gasteiger partial charge in [0.25, 0.3) is 6.10 Å². The van der Waals surface area contributed by atoms with E-state index >= 15 is 0 Å². The minimum Gasteiger partial charge on any atom is -0.491 e. The fourth-order valence-corrected chi connectivity index (χ4v) is 10.9. The number of H-pyrrole nitrogens is 2. The molecular formula is C74H88N6O17Pt. The third-order valence-electron chi connectivity index (χ3n) is 15.8. The molecule has 1 unspecified atom stereocenters. The summed E-state index contributed by atoms with van der Waals surface area (Å²) in [6.07, 6.45) is 10.6. The van der Waals surface area contributed by atoms with Gasteiger partial charge in [-0.15, -0.1) is 0 Å². The molecule has 3 aromatic heterocycles. The maximum absolute atomic E-state index is 11.8. The summed E-state index contributed by atoms with van der Waals surface area (Å²) in [5.41, 5.74) is 23.3. The van der Waals surface area contributed by atoms with Gasteiger partial charge in [0, 0.05) is 98.8 Å². The van der Waals surface area contributed by atoms with Crippen LogP contribution in [0.4, 0.5) is 0 Å². The third-order valence-corrected chi connectivity index (χ3v) is 15.8. The van der Waals surface area contributed by atoms with Gasteiger partial charge in [-0.2, -0.15) is 0 Å². The summed E-state index contributed by atoms with van der Waals surface area (Å²) in [5.74, 6) is -1.22. The minimum absolute atomic E-state index is 0. The van der Waals surface area contributed by atoms with E-state index < -0.39 is 18.0 Å². The van der Waals surface area contributed by atoms with E-state index in [0.717, 1.165) is 62.8 Å². The number of nitrogens with one attached hydrogen (secondary N) is 2. The first-order valence-corrected chi connectivity index (χ1v) is 32.5. The van der Waals surface area contributed by atoms with Gasteiger partial charge in [-0.05, 0) is 132 Å². The Kier molecular flexibility index (Phi) is 31.4. The summed E-state index contributed by atoms with van der Waals surface area (Å²) in [6, 6.07) is 38.8. The number of ether oxygens (including phenoxy) is 13. The molecule has 8 bridgehead atoms. The number of nitrogens with two attached hydrogens (primary N) is 2. The summed E-state index contributed by atoms with van der Waals surface area (Å²) >= 11 is 0. The van der Waals surface area contributed by atoms with E-state index in [0.29, 0.717) is 176 Å². The summed E-state index contributed by atoms with van der Waals surface area (Å²) in [7, 11) is 4.90. The van der Waals surface area contributed by atoms with Gasteiger partial charge in [0.15, 0.2) is 0 Å². The summed E-state index contributed by atoms with van der Waals surface area (Å²) < 4.78 is 72.6. The Labute approximate surface area is 584 Å². The summed E-state index contributed by atoms with van der Waals surface area (Å²) in [5, 5.41) is 19.2. The zero-order valence-corrected chi connectivity index (χ0v) is 57.8. The number of carbonyl (C=O) groups is 2. The molecule has 0 amide bonds. The fourth-order valence-electron chi connectivity index (χ4n) is 10.9. The third kappa shape index (κ3) is 22.4. The first-order valence-electron chi connectivity index (χ1n) is 32.5. The molecule has 526 valence electrons. The zero-order valence-electron chi connectivity index (χ0n) is 55.5. The molecule has 1 fully saturated rings. The number of nitrogens with zero attached hydrogens (tertiary/aromatic N) is 2. The van der Waals surface area contributed by atoms with Crippen LogP contribution in [0.3, 0.4) is 0 Å². The van der Waals surface area contributed by atoms with Gasteiger partial charge in [0.05, 0.1) is 122 Å². The van der Waals surface area contributed by atoms with Crippen LogP contribution < -0.4 is 30.4 Å². The molecule has 1 aliphatic carbocycles. The second-order valence-electron chi connectivity index (χ2n) is 22.6. The van der Waals surface area contributed by atoms with E-state index in [4.69, 9.17) is 83.0 Å². The van der Waals surface area contributed by atoms with E-state index in [9.17, 15) is 19.8 Å². The van der Waals surface area contributed by atoms with Crippen molar-refractivity contribution in [2.75, 3.05) is 140 Å². The second-order valence-corrected chi connectivity index (χ2v) is 22.6. The molecule has 4 aromatic carbocycles. The van der Waals surface area contributed by atoms with Gasteiger partial charge in [0.2, 0.25) is 0 Å². The van der Waals surface area contributed by atoms with Crippen molar-refractivity contribution in [3.8, 4) is 67.5 Å². The van der Waals surface area contributed by atoms with Gasteiger partial charge in [-0.1, -0.05) is 61.4 Å². The summed E-state index contributed by atoms with van der Waals surface area (Å²) in [4.78, 5) is 42.1. The van der Waals surface area contributed by atoms with Crippen molar-refractivity contribution in [1.82, 2.24) is 19.9 Å². The van der Waals surface area contributed by atoms with Crippen molar-refractivity contribution in [3.63, 3.8) is 0 Å². The molecule has 0 radical (unpaired) electrons. The van der Waals surface area contributed by atoms with Crippen molar-refractivity contribution in [3.05, 3.63) is 144 Å². The molecule has 10 rings (SSSR count). The Hall–Kier alpha value is -8.13. The van der Waals surface area contributed by atoms with E-state index in [-0.39, 0.29) is 38.9 Å². The maximum Gasteiger partial charge on any atom is 0.356 e. The Bertz CT molecular complexity index is 3740. The average molecular weight is 1530 g/mol. The maximum atomic E-state index is 11.8. The fraction of sp³-hybridized carbons (Fsp3) is 0.378. The van der Waals surface area contributed by atoms with Crippen LogP contribution in [0, 0.1) is 0 Å². The Morgan fingerprint density at radius 3 is 0.878 bits per heavy atom. The number of fused-ring (bicyclic) bond motifs is 8. The monoisotopic (exact) mass is 1530 g/mol. The van der Waals surface area contributed by atoms with Gasteiger partial charge in [0.1, 0.15) is 42.8 Å². The van der Waals surface area contributed by atoms with Crippen LogP contribution in [0.2, 0.25) is 0 Å². The smallest absolute Gasteiger partial charge is 0.356 e. The molecular weight excluding hydrogens is 1440 g/mol. The number of aromatic nitrogens is 4. The average Bonchev–Trinajstić information content (AvgIpc) is 1.61. The molecule has 2 atom stereocenters. The Morgan fingerprint density at radius 2 is 0.633 bits per heavy atom. The number of hydrogen-bond donors (Lipinski definition) is 6. The normalized spacial score (nSPS) is 14.0. The van der Waals surface area contributed by atoms with E-state index in [1.165, 1.54) is 25.0 Å². The van der Waals surface area contributed by atoms with Crippen LogP contribution in [-0.4, -0.2) is 201 Å². The minimum atomic E-state index is -2.11. The zero-order chi connectivity index (χ0) is 68.0. The number of methoxy groups -OCH3 is 3. The number of carboxylic acids is 2. The quantitative estimate of drug-likeness (QED) is 0.0155. The molecule has 0 spiro atoms. The van der Waals surface area contributed by atoms with Crippen molar-refractivity contribution in [2.45, 2.75) is 43.9 Å². The van der Waals surface area contributed by atoms with Crippen molar-refractivity contribution < 1.29 is 102 Å². The molecule has 8 N–H and O–H groups in total. The van der Waals surface area contributed by atoms with Crippen LogP contribution in [0.5, 0.6) is 23.0 Å². The number of aliphatic carboxylic acids is 2. The predicted molar refractivity (Wildman–Crippen MR) is 372 cm³/mol. The van der Waals surface area contributed by atoms with Crippen molar-refractivity contribution in [2.24, 2.45) is 11.5 Å². The molecule has 98 heavy (non-hydrogen) atoms. The van der Waals surface area contributed by atoms with Crippen LogP contribution >= 0.6 is 0 Å². The van der Waals surface area contributed by atoms with Gasteiger partial charge in [-0.25, -0.2) is 19.6 Å². The van der Waals surface area contributed by atoms with Crippen molar-refractivity contribution >= 4 is 58.3 Å². The number of benzene rings is 4. The first kappa shape index (κ1) is 75.6. The Morgan fingerprint density at radius 1 is 0.388 bits per heavy atom. The number of carboxylic acid groups (broad SMARTS) is 2. The number of rotatable bonds is 38. The molecule has 0 saturated heterocycles. The second kappa shape index (κ2) is 40.7. The van der Waals surface area contributed by atoms with Crippen LogP contribution in [0.1, 0.15) is 48.5 Å². The molecule has 5 heterocycles.